The van der Waals surface area contributed by atoms with Crippen LogP contribution in [0, 0.1) is 6.92 Å². The molecule has 0 unspecified atom stereocenters. The lowest BCUT2D eigenvalue weighted by Crippen LogP contribution is -2.21. The maximum Gasteiger partial charge on any atom is 0.250 e. The molecule has 0 saturated carbocycles. The van der Waals surface area contributed by atoms with Gasteiger partial charge in [0.2, 0.25) is 0 Å². The standard InChI is InChI=1S/C29H30ClN5OS/c1-19-10-16-23(17-11-19)35-27(21-12-14-22(15-13-21)29(3,4)5)33-34-28(35)37-18-26(36)32-31-20(2)24-8-6-7-9-25(24)30/h6-17H,18H2,1-5H3,(H,32,36). The third-order valence-electron chi connectivity index (χ3n) is 5.88. The highest BCUT2D eigenvalue weighted by Crippen LogP contribution is 2.30. The third-order valence-corrected chi connectivity index (χ3v) is 7.14. The molecule has 1 amide bonds. The van der Waals surface area contributed by atoms with Gasteiger partial charge in [0.25, 0.3) is 5.91 Å². The van der Waals surface area contributed by atoms with Gasteiger partial charge in [0, 0.05) is 21.8 Å². The van der Waals surface area contributed by atoms with Crippen LogP contribution in [0.1, 0.15) is 44.4 Å². The Labute approximate surface area is 227 Å². The predicted molar refractivity (Wildman–Crippen MR) is 153 cm³/mol. The lowest BCUT2D eigenvalue weighted by atomic mass is 9.87. The molecule has 0 saturated heterocycles. The van der Waals surface area contributed by atoms with Gasteiger partial charge in [0.05, 0.1) is 11.5 Å². The van der Waals surface area contributed by atoms with Gasteiger partial charge in [-0.15, -0.1) is 10.2 Å². The molecular weight excluding hydrogens is 502 g/mol. The summed E-state index contributed by atoms with van der Waals surface area (Å²) >= 11 is 7.54. The highest BCUT2D eigenvalue weighted by molar-refractivity contribution is 7.99. The van der Waals surface area contributed by atoms with Crippen molar-refractivity contribution in [3.8, 4) is 17.1 Å². The molecule has 0 radical (unpaired) electrons. The summed E-state index contributed by atoms with van der Waals surface area (Å²) in [5.74, 6) is 0.609. The first-order valence-corrected chi connectivity index (χ1v) is 13.3. The zero-order chi connectivity index (χ0) is 26.6. The average Bonchev–Trinajstić information content (AvgIpc) is 3.30. The summed E-state index contributed by atoms with van der Waals surface area (Å²) in [4.78, 5) is 12.6. The van der Waals surface area contributed by atoms with E-state index in [-0.39, 0.29) is 17.1 Å². The molecule has 0 spiro atoms. The fourth-order valence-electron chi connectivity index (χ4n) is 3.72. The van der Waals surface area contributed by atoms with Crippen LogP contribution in [0.25, 0.3) is 17.1 Å². The van der Waals surface area contributed by atoms with Crippen LogP contribution in [0.2, 0.25) is 5.02 Å². The first kappa shape index (κ1) is 26.6. The van der Waals surface area contributed by atoms with Crippen LogP contribution in [-0.2, 0) is 10.2 Å². The number of hydrogen-bond acceptors (Lipinski definition) is 5. The average molecular weight is 532 g/mol. The van der Waals surface area contributed by atoms with Crippen molar-refractivity contribution >= 4 is 35.0 Å². The molecule has 4 rings (SSSR count). The second-order valence-electron chi connectivity index (χ2n) is 9.81. The number of rotatable bonds is 7. The van der Waals surface area contributed by atoms with Crippen molar-refractivity contribution in [2.45, 2.75) is 45.2 Å². The Hall–Kier alpha value is -3.42. The second kappa shape index (κ2) is 11.3. The van der Waals surface area contributed by atoms with Gasteiger partial charge in [-0.1, -0.05) is 104 Å². The van der Waals surface area contributed by atoms with Gasteiger partial charge in [-0.25, -0.2) is 5.43 Å². The molecule has 0 aliphatic rings. The normalized spacial score (nSPS) is 12.0. The topological polar surface area (TPSA) is 72.2 Å². The maximum absolute atomic E-state index is 12.6. The molecule has 0 aliphatic carbocycles. The number of carbonyl (C=O) groups excluding carboxylic acids is 1. The molecule has 1 aromatic heterocycles. The van der Waals surface area contributed by atoms with Gasteiger partial charge in [0.1, 0.15) is 0 Å². The number of halogens is 1. The Morgan fingerprint density at radius 3 is 2.32 bits per heavy atom. The minimum absolute atomic E-state index is 0.0597. The molecule has 3 aromatic carbocycles. The lowest BCUT2D eigenvalue weighted by Gasteiger charge is -2.19. The van der Waals surface area contributed by atoms with E-state index in [9.17, 15) is 4.79 Å². The van der Waals surface area contributed by atoms with Crippen LogP contribution in [-0.4, -0.2) is 32.1 Å². The summed E-state index contributed by atoms with van der Waals surface area (Å²) in [5.41, 5.74) is 8.38. The molecule has 8 heteroatoms. The lowest BCUT2D eigenvalue weighted by molar-refractivity contribution is -0.118. The van der Waals surface area contributed by atoms with Gasteiger partial charge < -0.3 is 0 Å². The van der Waals surface area contributed by atoms with Gasteiger partial charge >= 0.3 is 0 Å². The van der Waals surface area contributed by atoms with E-state index in [4.69, 9.17) is 11.6 Å². The number of aryl methyl sites for hydroxylation is 1. The maximum atomic E-state index is 12.6. The molecule has 0 atom stereocenters. The van der Waals surface area contributed by atoms with E-state index in [0.29, 0.717) is 15.9 Å². The Morgan fingerprint density at radius 2 is 1.68 bits per heavy atom. The molecule has 1 heterocycles. The number of hydrogen-bond donors (Lipinski definition) is 1. The van der Waals surface area contributed by atoms with Gasteiger partial charge in [-0.05, 0) is 43.0 Å². The van der Waals surface area contributed by atoms with Crippen LogP contribution < -0.4 is 5.43 Å². The number of amides is 1. The largest absolute Gasteiger partial charge is 0.272 e. The molecule has 6 nitrogen and oxygen atoms in total. The number of aromatic nitrogens is 3. The summed E-state index contributed by atoms with van der Waals surface area (Å²) < 4.78 is 1.99. The Bertz CT molecular complexity index is 1420. The van der Waals surface area contributed by atoms with Crippen molar-refractivity contribution < 1.29 is 4.79 Å². The molecule has 0 fully saturated rings. The smallest absolute Gasteiger partial charge is 0.250 e. The van der Waals surface area contributed by atoms with Crippen LogP contribution in [0.5, 0.6) is 0 Å². The van der Waals surface area contributed by atoms with Crippen molar-refractivity contribution in [2.24, 2.45) is 5.10 Å². The molecule has 37 heavy (non-hydrogen) atoms. The van der Waals surface area contributed by atoms with Gasteiger partial charge in [-0.3, -0.25) is 9.36 Å². The Morgan fingerprint density at radius 1 is 1.00 bits per heavy atom. The van der Waals surface area contributed by atoms with E-state index >= 15 is 0 Å². The van der Waals surface area contributed by atoms with Gasteiger partial charge in [-0.2, -0.15) is 5.10 Å². The van der Waals surface area contributed by atoms with Crippen molar-refractivity contribution in [1.29, 1.82) is 0 Å². The minimum Gasteiger partial charge on any atom is -0.272 e. The van der Waals surface area contributed by atoms with E-state index in [1.807, 2.05) is 41.8 Å². The molecule has 1 N–H and O–H groups in total. The predicted octanol–water partition coefficient (Wildman–Crippen LogP) is 6.83. The first-order valence-electron chi connectivity index (χ1n) is 12.0. The highest BCUT2D eigenvalue weighted by Gasteiger charge is 2.19. The van der Waals surface area contributed by atoms with Crippen LogP contribution in [0.15, 0.2) is 83.1 Å². The number of nitrogens with zero attached hydrogens (tertiary/aromatic N) is 4. The second-order valence-corrected chi connectivity index (χ2v) is 11.2. The van der Waals surface area contributed by atoms with E-state index in [0.717, 1.165) is 28.2 Å². The van der Waals surface area contributed by atoms with Crippen LogP contribution in [0.4, 0.5) is 0 Å². The van der Waals surface area contributed by atoms with Crippen LogP contribution >= 0.6 is 23.4 Å². The number of benzene rings is 3. The van der Waals surface area contributed by atoms with Crippen molar-refractivity contribution in [2.75, 3.05) is 5.75 Å². The zero-order valence-corrected chi connectivity index (χ0v) is 23.2. The fraction of sp³-hybridized carbons (Fsp3) is 0.241. The Balaban J connectivity index is 1.56. The summed E-state index contributed by atoms with van der Waals surface area (Å²) in [5, 5.41) is 14.4. The quantitative estimate of drug-likeness (QED) is 0.161. The van der Waals surface area contributed by atoms with Crippen molar-refractivity contribution in [1.82, 2.24) is 20.2 Å². The summed E-state index contributed by atoms with van der Waals surface area (Å²) in [6.45, 7) is 10.4. The number of hydrazone groups is 1. The third kappa shape index (κ3) is 6.48. The minimum atomic E-state index is -0.245. The molecule has 0 aliphatic heterocycles. The first-order chi connectivity index (χ1) is 17.6. The number of thioether (sulfide) groups is 1. The van der Waals surface area contributed by atoms with Gasteiger partial charge in [0.15, 0.2) is 11.0 Å². The molecule has 190 valence electrons. The van der Waals surface area contributed by atoms with Crippen molar-refractivity contribution in [3.63, 3.8) is 0 Å². The zero-order valence-electron chi connectivity index (χ0n) is 21.6. The van der Waals surface area contributed by atoms with E-state index < -0.39 is 0 Å². The van der Waals surface area contributed by atoms with E-state index in [1.165, 1.54) is 17.3 Å². The van der Waals surface area contributed by atoms with E-state index in [1.54, 1.807) is 13.0 Å². The SMILES string of the molecule is CC(=NNC(=O)CSc1nnc(-c2ccc(C(C)(C)C)cc2)n1-c1ccc(C)cc1)c1ccccc1Cl. The van der Waals surface area contributed by atoms with E-state index in [2.05, 4.69) is 77.9 Å². The van der Waals surface area contributed by atoms with Crippen molar-refractivity contribution in [3.05, 3.63) is 94.5 Å². The van der Waals surface area contributed by atoms with Crippen LogP contribution in [0.3, 0.4) is 0 Å². The Kier molecular flexibility index (Phi) is 8.15. The monoisotopic (exact) mass is 531 g/mol. The summed E-state index contributed by atoms with van der Waals surface area (Å²) in [6, 6.07) is 24.0. The molecular formula is C29H30ClN5OS. The highest BCUT2D eigenvalue weighted by atomic mass is 35.5. The number of nitrogens with one attached hydrogen (secondary N) is 1. The molecule has 4 aromatic rings. The molecule has 0 bridgehead atoms. The fourth-order valence-corrected chi connectivity index (χ4v) is 4.74. The summed E-state index contributed by atoms with van der Waals surface area (Å²) in [6.07, 6.45) is 0. The summed E-state index contributed by atoms with van der Waals surface area (Å²) in [7, 11) is 0. The number of carbonyl (C=O) groups is 1.